The normalized spacial score (nSPS) is 11.8. The number of hydrogen-bond acceptors (Lipinski definition) is 6. The van der Waals surface area contributed by atoms with E-state index in [1.165, 1.54) is 43.4 Å². The average molecular weight is 616 g/mol. The van der Waals surface area contributed by atoms with Gasteiger partial charge in [0.15, 0.2) is 0 Å². The Morgan fingerprint density at radius 1 is 0.929 bits per heavy atom. The Labute approximate surface area is 253 Å². The monoisotopic (exact) mass is 615 g/mol. The first-order valence-electron chi connectivity index (χ1n) is 13.8. The lowest BCUT2D eigenvalue weighted by molar-refractivity contribution is -0.140. The number of nitrogens with zero attached hydrogens (tertiary/aromatic N) is 2. The third kappa shape index (κ3) is 7.95. The van der Waals surface area contributed by atoms with Gasteiger partial charge in [-0.05, 0) is 60.9 Å². The van der Waals surface area contributed by atoms with E-state index in [1.54, 1.807) is 48.5 Å². The van der Waals surface area contributed by atoms with Crippen LogP contribution in [0.1, 0.15) is 38.7 Å². The van der Waals surface area contributed by atoms with Crippen molar-refractivity contribution in [1.82, 2.24) is 10.2 Å². The van der Waals surface area contributed by atoms with Crippen LogP contribution in [-0.4, -0.2) is 58.5 Å². The van der Waals surface area contributed by atoms with E-state index in [2.05, 4.69) is 5.32 Å². The number of anilines is 1. The zero-order valence-electron chi connectivity index (χ0n) is 24.4. The van der Waals surface area contributed by atoms with Crippen LogP contribution in [0.5, 0.6) is 11.5 Å². The molecule has 226 valence electrons. The lowest BCUT2D eigenvalue weighted by atomic mass is 10.1. The smallest absolute Gasteiger partial charge is 0.264 e. The minimum Gasteiger partial charge on any atom is -0.497 e. The maximum Gasteiger partial charge on any atom is 0.264 e. The molecule has 0 fully saturated rings. The maximum atomic E-state index is 14.2. The van der Waals surface area contributed by atoms with Gasteiger partial charge in [-0.15, -0.1) is 0 Å². The summed E-state index contributed by atoms with van der Waals surface area (Å²) in [5.41, 5.74) is 0.816. The van der Waals surface area contributed by atoms with Crippen LogP contribution in [0.4, 0.5) is 5.69 Å². The van der Waals surface area contributed by atoms with E-state index in [0.717, 1.165) is 17.1 Å². The number of unbranched alkanes of at least 4 members (excludes halogenated alkanes) is 1. The van der Waals surface area contributed by atoms with E-state index >= 15 is 0 Å². The van der Waals surface area contributed by atoms with E-state index < -0.39 is 28.5 Å². The van der Waals surface area contributed by atoms with Gasteiger partial charge in [-0.1, -0.05) is 62.2 Å². The quantitative estimate of drug-likeness (QED) is 0.233. The van der Waals surface area contributed by atoms with E-state index in [1.807, 2.05) is 13.8 Å². The fourth-order valence-electron chi connectivity index (χ4n) is 4.46. The number of benzene rings is 3. The van der Waals surface area contributed by atoms with E-state index in [9.17, 15) is 18.0 Å². The number of nitrogens with one attached hydrogen (secondary N) is 1. The van der Waals surface area contributed by atoms with Crippen molar-refractivity contribution in [1.29, 1.82) is 0 Å². The molecule has 42 heavy (non-hydrogen) atoms. The van der Waals surface area contributed by atoms with E-state index in [-0.39, 0.29) is 28.8 Å². The van der Waals surface area contributed by atoms with Gasteiger partial charge in [-0.3, -0.25) is 13.9 Å². The number of carbonyl (C=O) groups excluding carboxylic acids is 2. The molecule has 11 heteroatoms. The third-order valence-corrected chi connectivity index (χ3v) is 8.94. The second-order valence-electron chi connectivity index (χ2n) is 9.54. The summed E-state index contributed by atoms with van der Waals surface area (Å²) in [5.74, 6) is -0.132. The molecular weight excluding hydrogens is 578 g/mol. The van der Waals surface area contributed by atoms with E-state index in [0.29, 0.717) is 29.3 Å². The van der Waals surface area contributed by atoms with Crippen molar-refractivity contribution in [2.24, 2.45) is 0 Å². The highest BCUT2D eigenvalue weighted by molar-refractivity contribution is 7.92. The van der Waals surface area contributed by atoms with Crippen LogP contribution in [-0.2, 0) is 26.2 Å². The van der Waals surface area contributed by atoms with Crippen molar-refractivity contribution >= 4 is 39.1 Å². The molecule has 9 nitrogen and oxygen atoms in total. The van der Waals surface area contributed by atoms with Gasteiger partial charge in [0.05, 0.1) is 24.8 Å². The molecule has 2 amide bonds. The third-order valence-electron chi connectivity index (χ3n) is 6.79. The number of sulfonamides is 1. The molecule has 1 atom stereocenters. The van der Waals surface area contributed by atoms with Gasteiger partial charge in [-0.2, -0.15) is 0 Å². The summed E-state index contributed by atoms with van der Waals surface area (Å²) in [4.78, 5) is 28.9. The molecule has 0 aliphatic heterocycles. The zero-order valence-corrected chi connectivity index (χ0v) is 26.0. The minimum absolute atomic E-state index is 0.0144. The number of ether oxygens (including phenoxy) is 2. The predicted molar refractivity (Wildman–Crippen MR) is 165 cm³/mol. The minimum atomic E-state index is -4.27. The summed E-state index contributed by atoms with van der Waals surface area (Å²) in [6.45, 7) is 3.73. The topological polar surface area (TPSA) is 105 Å². The number of halogens is 1. The largest absolute Gasteiger partial charge is 0.497 e. The first-order valence-corrected chi connectivity index (χ1v) is 15.6. The first kappa shape index (κ1) is 32.8. The molecule has 3 rings (SSSR count). The van der Waals surface area contributed by atoms with Crippen molar-refractivity contribution in [3.63, 3.8) is 0 Å². The van der Waals surface area contributed by atoms with Crippen molar-refractivity contribution in [2.45, 2.75) is 50.6 Å². The molecule has 0 unspecified atom stereocenters. The summed E-state index contributed by atoms with van der Waals surface area (Å²) in [7, 11) is -1.36. The van der Waals surface area contributed by atoms with Crippen LogP contribution >= 0.6 is 11.6 Å². The molecular formula is C31H38ClN3O6S. The van der Waals surface area contributed by atoms with Crippen molar-refractivity contribution in [3.05, 3.63) is 83.4 Å². The van der Waals surface area contributed by atoms with Gasteiger partial charge < -0.3 is 19.7 Å². The average Bonchev–Trinajstić information content (AvgIpc) is 3.00. The number of methoxy groups -OCH3 is 2. The number of amides is 2. The molecule has 0 saturated heterocycles. The molecule has 3 aromatic rings. The maximum absolute atomic E-state index is 14.2. The van der Waals surface area contributed by atoms with Gasteiger partial charge in [0.2, 0.25) is 11.8 Å². The number of rotatable bonds is 15. The van der Waals surface area contributed by atoms with Crippen LogP contribution in [0.15, 0.2) is 77.7 Å². The molecule has 0 heterocycles. The lowest BCUT2D eigenvalue weighted by Crippen LogP contribution is -2.52. The zero-order chi connectivity index (χ0) is 30.7. The van der Waals surface area contributed by atoms with Gasteiger partial charge in [0.1, 0.15) is 24.1 Å². The molecule has 0 spiro atoms. The Morgan fingerprint density at radius 2 is 1.60 bits per heavy atom. The summed E-state index contributed by atoms with van der Waals surface area (Å²) in [6, 6.07) is 18.7. The molecule has 0 saturated carbocycles. The Bertz CT molecular complexity index is 1450. The summed E-state index contributed by atoms with van der Waals surface area (Å²) in [5, 5.41) is 3.35. The molecule has 0 aliphatic carbocycles. The van der Waals surface area contributed by atoms with Gasteiger partial charge in [-0.25, -0.2) is 8.42 Å². The summed E-state index contributed by atoms with van der Waals surface area (Å²) in [6.07, 6.45) is 2.01. The van der Waals surface area contributed by atoms with Crippen molar-refractivity contribution < 1.29 is 27.5 Å². The van der Waals surface area contributed by atoms with Crippen LogP contribution in [0, 0.1) is 0 Å². The summed E-state index contributed by atoms with van der Waals surface area (Å²) < 4.78 is 39.8. The highest BCUT2D eigenvalue weighted by Gasteiger charge is 2.35. The standard InChI is InChI=1S/C31H38ClN3O6S/c1-5-7-20-33-31(37)27(6-2)34(21-23-12-8-9-13-26(23)32)30(36)22-35(28-14-10-11-15-29(28)41-4)42(38,39)25-18-16-24(40-3)17-19-25/h8-19,27H,5-7,20-22H2,1-4H3,(H,33,37)/t27-/m0/s1. The first-order chi connectivity index (χ1) is 20.2. The number of hydrogen-bond donors (Lipinski definition) is 1. The molecule has 3 aromatic carbocycles. The SMILES string of the molecule is CCCCNC(=O)[C@H](CC)N(Cc1ccccc1Cl)C(=O)CN(c1ccccc1OC)S(=O)(=O)c1ccc(OC)cc1. The lowest BCUT2D eigenvalue weighted by Gasteiger charge is -2.33. The Balaban J connectivity index is 2.08. The highest BCUT2D eigenvalue weighted by Crippen LogP contribution is 2.33. The van der Waals surface area contributed by atoms with Gasteiger partial charge in [0, 0.05) is 18.1 Å². The number of carbonyl (C=O) groups is 2. The highest BCUT2D eigenvalue weighted by atomic mass is 35.5. The fourth-order valence-corrected chi connectivity index (χ4v) is 6.08. The van der Waals surface area contributed by atoms with Crippen LogP contribution in [0.25, 0.3) is 0 Å². The van der Waals surface area contributed by atoms with Crippen LogP contribution in [0.2, 0.25) is 5.02 Å². The molecule has 0 radical (unpaired) electrons. The Kier molecular flexibility index (Phi) is 12.1. The van der Waals surface area contributed by atoms with Gasteiger partial charge in [0.25, 0.3) is 10.0 Å². The van der Waals surface area contributed by atoms with E-state index in [4.69, 9.17) is 21.1 Å². The second-order valence-corrected chi connectivity index (χ2v) is 11.8. The fraction of sp³-hybridized carbons (Fsp3) is 0.355. The van der Waals surface area contributed by atoms with Crippen LogP contribution < -0.4 is 19.1 Å². The Morgan fingerprint density at radius 3 is 2.21 bits per heavy atom. The molecule has 1 N–H and O–H groups in total. The molecule has 0 aromatic heterocycles. The number of para-hydroxylation sites is 2. The summed E-state index contributed by atoms with van der Waals surface area (Å²) >= 11 is 6.45. The predicted octanol–water partition coefficient (Wildman–Crippen LogP) is 5.28. The van der Waals surface area contributed by atoms with Crippen molar-refractivity contribution in [3.8, 4) is 11.5 Å². The molecule has 0 aliphatic rings. The van der Waals surface area contributed by atoms with Crippen LogP contribution in [0.3, 0.4) is 0 Å². The Hall–Kier alpha value is -3.76. The molecule has 0 bridgehead atoms. The second kappa shape index (κ2) is 15.5. The van der Waals surface area contributed by atoms with Gasteiger partial charge >= 0.3 is 0 Å². The van der Waals surface area contributed by atoms with Crippen molar-refractivity contribution in [2.75, 3.05) is 31.6 Å².